The first kappa shape index (κ1) is 33.8. The third-order valence-corrected chi connectivity index (χ3v) is 9.05. The third-order valence-electron chi connectivity index (χ3n) is 9.05. The summed E-state index contributed by atoms with van der Waals surface area (Å²) in [7, 11) is 0. The van der Waals surface area contributed by atoms with Crippen molar-refractivity contribution in [1.29, 1.82) is 0 Å². The molecule has 2 N–H and O–H groups in total. The summed E-state index contributed by atoms with van der Waals surface area (Å²) in [4.78, 5) is 9.06. The molecule has 0 aliphatic carbocycles. The molecule has 4 aromatic carbocycles. The van der Waals surface area contributed by atoms with Crippen LogP contribution in [-0.2, 0) is 24.0 Å². The van der Waals surface area contributed by atoms with E-state index in [2.05, 4.69) is 4.98 Å². The number of aliphatic hydroxyl groups excluding tert-OH is 1. The molecule has 0 saturated heterocycles. The lowest BCUT2D eigenvalue weighted by molar-refractivity contribution is -0.103. The fourth-order valence-corrected chi connectivity index (χ4v) is 6.50. The second-order valence-corrected chi connectivity index (χ2v) is 13.2. The molecule has 0 amide bonds. The fourth-order valence-electron chi connectivity index (χ4n) is 6.50. The molecule has 6 aromatic rings. The van der Waals surface area contributed by atoms with E-state index in [1.54, 1.807) is 12.1 Å². The predicted molar refractivity (Wildman–Crippen MR) is 185 cm³/mol. The maximum Gasteiger partial charge on any atom is 0.271 e. The number of aliphatic hydroxyl groups is 2. The normalized spacial score (nSPS) is 13.4. The number of aromatic nitrogens is 3. The van der Waals surface area contributed by atoms with Crippen LogP contribution in [0.5, 0.6) is 0 Å². The highest BCUT2D eigenvalue weighted by atomic mass is 19.3. The Morgan fingerprint density at radius 3 is 1.67 bits per heavy atom. The van der Waals surface area contributed by atoms with Gasteiger partial charge in [0, 0.05) is 24.8 Å². The second-order valence-electron chi connectivity index (χ2n) is 13.2. The van der Waals surface area contributed by atoms with E-state index in [9.17, 15) is 14.6 Å². The van der Waals surface area contributed by atoms with Crippen LogP contribution in [0.2, 0.25) is 0 Å². The highest BCUT2D eigenvalue weighted by molar-refractivity contribution is 5.59. The molecule has 5 nitrogen and oxygen atoms in total. The van der Waals surface area contributed by atoms with E-state index in [1.165, 1.54) is 24.3 Å². The molecule has 1 atom stereocenters. The number of alkyl halides is 2. The SMILES string of the molecule is CC(C)(CO)Cc1cn(C(c2ccccc2)(c2ccccc2)c2ccccc2)c(CC(O)(c2ccc(-c3ccc(F)cn3)cc2)C(F)F)n1. The van der Waals surface area contributed by atoms with Gasteiger partial charge in [0.05, 0.1) is 17.6 Å². The number of halogens is 3. The number of hydrogen-bond acceptors (Lipinski definition) is 4. The Hall–Kier alpha value is -5.05. The fraction of sp³-hybridized carbons (Fsp3) is 0.220. The Morgan fingerprint density at radius 1 is 0.694 bits per heavy atom. The number of benzene rings is 4. The minimum atomic E-state index is -3.18. The van der Waals surface area contributed by atoms with Crippen molar-refractivity contribution >= 4 is 0 Å². The summed E-state index contributed by atoms with van der Waals surface area (Å²) in [6, 6.07) is 38.3. The Labute approximate surface area is 284 Å². The summed E-state index contributed by atoms with van der Waals surface area (Å²) < 4.78 is 45.9. The van der Waals surface area contributed by atoms with Crippen molar-refractivity contribution in [3.8, 4) is 11.3 Å². The van der Waals surface area contributed by atoms with E-state index in [0.29, 0.717) is 23.4 Å². The van der Waals surface area contributed by atoms with Crippen molar-refractivity contribution in [2.45, 2.75) is 44.3 Å². The minimum absolute atomic E-state index is 0.00452. The molecule has 1 unspecified atom stereocenters. The standard InChI is InChI=1S/C41H38F3N3O2/c1-39(2,28-48)24-35-27-47(41(31-12-6-3-7-13-31,32-14-8-4-9-15-32)33-16-10-5-11-17-33)37(46-35)25-40(49,38(43)44)30-20-18-29(19-21-30)36-23-22-34(42)26-45-36/h3-23,26-27,38,48-49H,24-25,28H2,1-2H3. The van der Waals surface area contributed by atoms with E-state index < -0.39 is 35.2 Å². The number of imidazole rings is 1. The van der Waals surface area contributed by atoms with E-state index in [4.69, 9.17) is 4.98 Å². The van der Waals surface area contributed by atoms with Crippen LogP contribution in [0, 0.1) is 11.2 Å². The van der Waals surface area contributed by atoms with Crippen LogP contribution >= 0.6 is 0 Å². The summed E-state index contributed by atoms with van der Waals surface area (Å²) >= 11 is 0. The van der Waals surface area contributed by atoms with Crippen molar-refractivity contribution in [2.24, 2.45) is 5.41 Å². The number of pyridine rings is 1. The number of rotatable bonds is 12. The van der Waals surface area contributed by atoms with Gasteiger partial charge in [-0.1, -0.05) is 129 Å². The molecule has 0 saturated carbocycles. The van der Waals surface area contributed by atoms with E-state index in [1.807, 2.05) is 116 Å². The molecular formula is C41H38F3N3O2. The van der Waals surface area contributed by atoms with Crippen LogP contribution in [0.15, 0.2) is 140 Å². The second kappa shape index (κ2) is 13.8. The zero-order valence-electron chi connectivity index (χ0n) is 27.3. The quantitative estimate of drug-likeness (QED) is 0.130. The number of hydrogen-bond donors (Lipinski definition) is 2. The van der Waals surface area contributed by atoms with Crippen LogP contribution in [-0.4, -0.2) is 37.8 Å². The van der Waals surface area contributed by atoms with Gasteiger partial charge in [0.25, 0.3) is 6.43 Å². The molecule has 0 radical (unpaired) electrons. The minimum Gasteiger partial charge on any atom is -0.396 e. The summed E-state index contributed by atoms with van der Waals surface area (Å²) in [5, 5.41) is 22.1. The zero-order chi connectivity index (χ0) is 34.6. The van der Waals surface area contributed by atoms with E-state index in [-0.39, 0.29) is 18.0 Å². The van der Waals surface area contributed by atoms with Crippen LogP contribution in [0.1, 0.15) is 47.6 Å². The molecular weight excluding hydrogens is 623 g/mol. The van der Waals surface area contributed by atoms with Crippen LogP contribution < -0.4 is 0 Å². The average molecular weight is 662 g/mol. The van der Waals surface area contributed by atoms with Gasteiger partial charge in [-0.05, 0) is 46.2 Å². The highest BCUT2D eigenvalue weighted by Gasteiger charge is 2.45. The lowest BCUT2D eigenvalue weighted by atomic mass is 9.76. The topological polar surface area (TPSA) is 71.2 Å². The Bertz CT molecular complexity index is 1870. The van der Waals surface area contributed by atoms with Gasteiger partial charge >= 0.3 is 0 Å². The summed E-state index contributed by atoms with van der Waals surface area (Å²) in [6.45, 7) is 3.72. The van der Waals surface area contributed by atoms with Crippen molar-refractivity contribution in [2.75, 3.05) is 6.61 Å². The molecule has 0 bridgehead atoms. The first-order valence-electron chi connectivity index (χ1n) is 16.1. The lowest BCUT2D eigenvalue weighted by Crippen LogP contribution is -2.42. The maximum absolute atomic E-state index is 15.3. The van der Waals surface area contributed by atoms with Crippen molar-refractivity contribution < 1.29 is 23.4 Å². The van der Waals surface area contributed by atoms with Gasteiger partial charge in [-0.25, -0.2) is 18.2 Å². The molecule has 49 heavy (non-hydrogen) atoms. The first-order valence-corrected chi connectivity index (χ1v) is 16.1. The monoisotopic (exact) mass is 661 g/mol. The number of nitrogens with zero attached hydrogens (tertiary/aromatic N) is 3. The molecule has 6 rings (SSSR count). The summed E-state index contributed by atoms with van der Waals surface area (Å²) in [6.07, 6.45) is -0.372. The largest absolute Gasteiger partial charge is 0.396 e. The van der Waals surface area contributed by atoms with Gasteiger partial charge in [0.15, 0.2) is 5.60 Å². The Balaban J connectivity index is 1.58. The van der Waals surface area contributed by atoms with Crippen molar-refractivity contribution in [3.05, 3.63) is 179 Å². The van der Waals surface area contributed by atoms with Crippen LogP contribution in [0.3, 0.4) is 0 Å². The Kier molecular flexibility index (Phi) is 9.54. The van der Waals surface area contributed by atoms with Crippen LogP contribution in [0.4, 0.5) is 13.2 Å². The highest BCUT2D eigenvalue weighted by Crippen LogP contribution is 2.44. The Morgan fingerprint density at radius 2 is 1.22 bits per heavy atom. The van der Waals surface area contributed by atoms with Crippen molar-refractivity contribution in [3.63, 3.8) is 0 Å². The van der Waals surface area contributed by atoms with Gasteiger partial charge in [0.2, 0.25) is 0 Å². The van der Waals surface area contributed by atoms with Gasteiger partial charge in [-0.15, -0.1) is 0 Å². The predicted octanol–water partition coefficient (Wildman–Crippen LogP) is 8.18. The lowest BCUT2D eigenvalue weighted by Gasteiger charge is -2.39. The van der Waals surface area contributed by atoms with Gasteiger partial charge < -0.3 is 14.8 Å². The molecule has 2 aromatic heterocycles. The average Bonchev–Trinajstić information content (AvgIpc) is 3.51. The first-order chi connectivity index (χ1) is 23.6. The molecule has 2 heterocycles. The molecule has 0 spiro atoms. The van der Waals surface area contributed by atoms with E-state index >= 15 is 8.78 Å². The molecule has 0 aliphatic heterocycles. The molecule has 0 aliphatic rings. The molecule has 250 valence electrons. The van der Waals surface area contributed by atoms with Gasteiger partial charge in [0.1, 0.15) is 17.2 Å². The smallest absolute Gasteiger partial charge is 0.271 e. The maximum atomic E-state index is 15.3. The summed E-state index contributed by atoms with van der Waals surface area (Å²) in [5.74, 6) is -0.241. The van der Waals surface area contributed by atoms with E-state index in [0.717, 1.165) is 22.9 Å². The zero-order valence-corrected chi connectivity index (χ0v) is 27.3. The van der Waals surface area contributed by atoms with Gasteiger partial charge in [-0.3, -0.25) is 4.98 Å². The van der Waals surface area contributed by atoms with Crippen LogP contribution in [0.25, 0.3) is 11.3 Å². The molecule has 8 heteroatoms. The van der Waals surface area contributed by atoms with Gasteiger partial charge in [-0.2, -0.15) is 0 Å². The molecule has 0 fully saturated rings. The summed E-state index contributed by atoms with van der Waals surface area (Å²) in [5.41, 5.74) is 0.0221. The third kappa shape index (κ3) is 6.67. The van der Waals surface area contributed by atoms with Crippen molar-refractivity contribution in [1.82, 2.24) is 14.5 Å².